The predicted octanol–water partition coefficient (Wildman–Crippen LogP) is 4.67. The highest BCUT2D eigenvalue weighted by atomic mass is 32.1. The zero-order valence-electron chi connectivity index (χ0n) is 15.6. The Morgan fingerprint density at radius 2 is 1.79 bits per heavy atom. The number of nitrogens with zero attached hydrogens (tertiary/aromatic N) is 2. The number of alkyl halides is 3. The summed E-state index contributed by atoms with van der Waals surface area (Å²) in [6.45, 7) is 4.11. The quantitative estimate of drug-likeness (QED) is 0.562. The number of amides is 1. The van der Waals surface area contributed by atoms with Crippen molar-refractivity contribution in [1.29, 1.82) is 0 Å². The molecule has 0 aliphatic heterocycles. The number of aromatic nitrogens is 1. The van der Waals surface area contributed by atoms with Crippen LogP contribution in [0.1, 0.15) is 15.9 Å². The molecule has 3 aromatic rings. The number of rotatable bonds is 5. The van der Waals surface area contributed by atoms with Gasteiger partial charge in [0.15, 0.2) is 16.3 Å². The lowest BCUT2D eigenvalue weighted by Gasteiger charge is -2.08. The fourth-order valence-electron chi connectivity index (χ4n) is 2.74. The maximum atomic E-state index is 12.7. The monoisotopic (exact) mass is 422 g/mol. The number of carbonyl (C=O) groups excluding carboxylic acids is 1. The highest BCUT2D eigenvalue weighted by molar-refractivity contribution is 7.16. The van der Waals surface area contributed by atoms with Gasteiger partial charge in [-0.3, -0.25) is 4.79 Å². The molecule has 0 spiro atoms. The molecule has 0 unspecified atom stereocenters. The van der Waals surface area contributed by atoms with Gasteiger partial charge in [-0.15, -0.1) is 6.58 Å². The van der Waals surface area contributed by atoms with Crippen LogP contribution >= 0.6 is 11.3 Å². The zero-order chi connectivity index (χ0) is 21.2. The normalized spacial score (nSPS) is 12.2. The van der Waals surface area contributed by atoms with Crippen LogP contribution in [-0.2, 0) is 12.7 Å². The molecule has 0 saturated carbocycles. The Labute approximate surface area is 168 Å². The number of allylic oxidation sites excluding steroid dienone is 1. The summed E-state index contributed by atoms with van der Waals surface area (Å²) in [6.07, 6.45) is -2.81. The van der Waals surface area contributed by atoms with Gasteiger partial charge in [0.25, 0.3) is 5.91 Å². The second-order valence-corrected chi connectivity index (χ2v) is 6.96. The molecule has 2 aromatic carbocycles. The average molecular weight is 422 g/mol. The number of halogens is 3. The van der Waals surface area contributed by atoms with Gasteiger partial charge in [0.2, 0.25) is 0 Å². The lowest BCUT2D eigenvalue weighted by atomic mass is 10.1. The second kappa shape index (κ2) is 8.12. The van der Waals surface area contributed by atoms with Crippen LogP contribution in [0.25, 0.3) is 10.2 Å². The Kier molecular flexibility index (Phi) is 5.78. The number of fused-ring (bicyclic) bond motifs is 1. The van der Waals surface area contributed by atoms with Crippen LogP contribution in [0.2, 0.25) is 0 Å². The lowest BCUT2D eigenvalue weighted by Crippen LogP contribution is -2.16. The summed E-state index contributed by atoms with van der Waals surface area (Å²) in [5, 5.41) is 0. The maximum Gasteiger partial charge on any atom is 0.416 e. The van der Waals surface area contributed by atoms with Crippen LogP contribution < -0.4 is 14.3 Å². The molecule has 1 heterocycles. The number of hydrogen-bond acceptors (Lipinski definition) is 4. The Morgan fingerprint density at radius 1 is 1.17 bits per heavy atom. The summed E-state index contributed by atoms with van der Waals surface area (Å²) in [4.78, 5) is 17.0. The van der Waals surface area contributed by atoms with E-state index < -0.39 is 17.6 Å². The maximum absolute atomic E-state index is 12.7. The zero-order valence-corrected chi connectivity index (χ0v) is 16.4. The van der Waals surface area contributed by atoms with Gasteiger partial charge >= 0.3 is 6.18 Å². The van der Waals surface area contributed by atoms with Crippen LogP contribution in [-0.4, -0.2) is 24.7 Å². The van der Waals surface area contributed by atoms with Crippen molar-refractivity contribution in [3.8, 4) is 11.5 Å². The van der Waals surface area contributed by atoms with Crippen LogP contribution in [0.4, 0.5) is 13.2 Å². The molecule has 0 N–H and O–H groups in total. The molecule has 0 saturated heterocycles. The smallest absolute Gasteiger partial charge is 0.416 e. The standard InChI is InChI=1S/C20H17F3N2O3S/c1-4-9-25-14-10-15(27-2)16(28-3)11-17(14)29-19(25)24-18(26)12-5-7-13(8-6-12)20(21,22)23/h4-8,10-11H,1,9H2,2-3H3. The average Bonchev–Trinajstić information content (AvgIpc) is 3.02. The largest absolute Gasteiger partial charge is 0.493 e. The van der Waals surface area contributed by atoms with E-state index in [1.54, 1.807) is 22.8 Å². The van der Waals surface area contributed by atoms with Gasteiger partial charge in [-0.05, 0) is 24.3 Å². The number of carbonyl (C=O) groups is 1. The first kappa shape index (κ1) is 20.7. The van der Waals surface area contributed by atoms with E-state index in [-0.39, 0.29) is 5.56 Å². The van der Waals surface area contributed by atoms with Gasteiger partial charge in [-0.2, -0.15) is 18.2 Å². The van der Waals surface area contributed by atoms with Crippen molar-refractivity contribution >= 4 is 27.5 Å². The molecule has 1 amide bonds. The second-order valence-electron chi connectivity index (χ2n) is 5.95. The molecule has 0 aliphatic rings. The molecule has 0 aliphatic carbocycles. The van der Waals surface area contributed by atoms with E-state index in [0.29, 0.717) is 22.8 Å². The van der Waals surface area contributed by atoms with E-state index in [4.69, 9.17) is 9.47 Å². The lowest BCUT2D eigenvalue weighted by molar-refractivity contribution is -0.137. The van der Waals surface area contributed by atoms with Crippen LogP contribution in [0.5, 0.6) is 11.5 Å². The molecule has 3 rings (SSSR count). The number of thiazole rings is 1. The highest BCUT2D eigenvalue weighted by Crippen LogP contribution is 2.33. The van der Waals surface area contributed by atoms with Crippen LogP contribution in [0.15, 0.2) is 54.0 Å². The van der Waals surface area contributed by atoms with Gasteiger partial charge < -0.3 is 14.0 Å². The Morgan fingerprint density at radius 3 is 2.34 bits per heavy atom. The number of methoxy groups -OCH3 is 2. The van der Waals surface area contributed by atoms with Crippen molar-refractivity contribution in [1.82, 2.24) is 4.57 Å². The highest BCUT2D eigenvalue weighted by Gasteiger charge is 2.30. The number of hydrogen-bond donors (Lipinski definition) is 0. The molecular weight excluding hydrogens is 405 g/mol. The van der Waals surface area contributed by atoms with E-state index in [1.807, 2.05) is 0 Å². The van der Waals surface area contributed by atoms with Crippen LogP contribution in [0.3, 0.4) is 0 Å². The van der Waals surface area contributed by atoms with Crippen molar-refractivity contribution < 1.29 is 27.4 Å². The minimum Gasteiger partial charge on any atom is -0.493 e. The van der Waals surface area contributed by atoms with Crippen molar-refractivity contribution in [2.24, 2.45) is 4.99 Å². The Balaban J connectivity index is 2.09. The number of ether oxygens (including phenoxy) is 2. The first-order valence-electron chi connectivity index (χ1n) is 8.41. The topological polar surface area (TPSA) is 52.8 Å². The molecular formula is C20H17F3N2O3S. The van der Waals surface area contributed by atoms with E-state index in [0.717, 1.165) is 34.5 Å². The van der Waals surface area contributed by atoms with Gasteiger partial charge in [-0.25, -0.2) is 0 Å². The number of benzene rings is 2. The minimum absolute atomic E-state index is 0.0655. The Bertz CT molecular complexity index is 1130. The van der Waals surface area contributed by atoms with Gasteiger partial charge in [0.05, 0.1) is 30.0 Å². The van der Waals surface area contributed by atoms with Crippen molar-refractivity contribution in [3.05, 3.63) is 65.0 Å². The molecule has 152 valence electrons. The summed E-state index contributed by atoms with van der Waals surface area (Å²) in [6, 6.07) is 7.51. The van der Waals surface area contributed by atoms with Gasteiger partial charge in [0.1, 0.15) is 0 Å². The third-order valence-corrected chi connectivity index (χ3v) is 5.20. The SMILES string of the molecule is C=CCn1c(=NC(=O)c2ccc(C(F)(F)F)cc2)sc2cc(OC)c(OC)cc21. The van der Waals surface area contributed by atoms with E-state index in [2.05, 4.69) is 11.6 Å². The fraction of sp³-hybridized carbons (Fsp3) is 0.200. The van der Waals surface area contributed by atoms with Crippen molar-refractivity contribution in [2.75, 3.05) is 14.2 Å². The predicted molar refractivity (Wildman–Crippen MR) is 104 cm³/mol. The fourth-order valence-corrected chi connectivity index (χ4v) is 3.79. The summed E-state index contributed by atoms with van der Waals surface area (Å²) in [7, 11) is 3.04. The molecule has 0 atom stereocenters. The summed E-state index contributed by atoms with van der Waals surface area (Å²) < 4.78 is 51.3. The first-order valence-corrected chi connectivity index (χ1v) is 9.22. The van der Waals surface area contributed by atoms with Gasteiger partial charge in [-0.1, -0.05) is 17.4 Å². The van der Waals surface area contributed by atoms with Crippen LogP contribution in [0, 0.1) is 0 Å². The molecule has 0 fully saturated rings. The molecule has 0 bridgehead atoms. The third-order valence-electron chi connectivity index (χ3n) is 4.16. The summed E-state index contributed by atoms with van der Waals surface area (Å²) in [5.74, 6) is 0.422. The molecule has 0 radical (unpaired) electrons. The van der Waals surface area contributed by atoms with E-state index >= 15 is 0 Å². The summed E-state index contributed by atoms with van der Waals surface area (Å²) in [5.41, 5.74) is 0.0131. The van der Waals surface area contributed by atoms with Crippen molar-refractivity contribution in [3.63, 3.8) is 0 Å². The Hall–Kier alpha value is -3.07. The minimum atomic E-state index is -4.46. The summed E-state index contributed by atoms with van der Waals surface area (Å²) >= 11 is 1.26. The molecule has 9 heteroatoms. The molecule has 5 nitrogen and oxygen atoms in total. The third kappa shape index (κ3) is 4.19. The van der Waals surface area contributed by atoms with Crippen molar-refractivity contribution in [2.45, 2.75) is 12.7 Å². The van der Waals surface area contributed by atoms with E-state index in [1.165, 1.54) is 25.6 Å². The molecule has 1 aromatic heterocycles. The molecule has 29 heavy (non-hydrogen) atoms. The van der Waals surface area contributed by atoms with E-state index in [9.17, 15) is 18.0 Å². The van der Waals surface area contributed by atoms with Gasteiger partial charge in [0, 0.05) is 24.2 Å². The first-order chi connectivity index (χ1) is 13.8.